The van der Waals surface area contributed by atoms with Gasteiger partial charge in [-0.3, -0.25) is 14.5 Å². The van der Waals surface area contributed by atoms with Crippen LogP contribution in [0.5, 0.6) is 0 Å². The molecule has 2 amide bonds. The zero-order valence-corrected chi connectivity index (χ0v) is 16.0. The second-order valence-electron chi connectivity index (χ2n) is 8.38. The van der Waals surface area contributed by atoms with Gasteiger partial charge in [-0.1, -0.05) is 44.2 Å². The predicted molar refractivity (Wildman–Crippen MR) is 102 cm³/mol. The number of likely N-dealkylation sites (tertiary alicyclic amines) is 2. The minimum Gasteiger partial charge on any atom is -0.351 e. The molecular formula is C21H31N3O2. The minimum absolute atomic E-state index is 0.0775. The quantitative estimate of drug-likeness (QED) is 0.850. The minimum atomic E-state index is 0.0775. The Kier molecular flexibility index (Phi) is 5.97. The normalized spacial score (nSPS) is 20.1. The van der Waals surface area contributed by atoms with E-state index in [1.54, 1.807) is 0 Å². The van der Waals surface area contributed by atoms with Crippen molar-refractivity contribution < 1.29 is 9.59 Å². The van der Waals surface area contributed by atoms with Crippen LogP contribution in [0, 0.1) is 11.3 Å². The molecule has 0 radical (unpaired) electrons. The Morgan fingerprint density at radius 2 is 1.88 bits per heavy atom. The molecule has 0 aliphatic carbocycles. The summed E-state index contributed by atoms with van der Waals surface area (Å²) in [6.07, 6.45) is 2.71. The lowest BCUT2D eigenvalue weighted by molar-refractivity contribution is -0.128. The van der Waals surface area contributed by atoms with Crippen LogP contribution in [0.15, 0.2) is 30.3 Å². The maximum Gasteiger partial charge on any atom is 0.234 e. The third kappa shape index (κ3) is 4.85. The fourth-order valence-corrected chi connectivity index (χ4v) is 4.16. The molecule has 5 heteroatoms. The summed E-state index contributed by atoms with van der Waals surface area (Å²) in [5, 5.41) is 3.00. The molecule has 142 valence electrons. The molecule has 0 atom stereocenters. The maximum atomic E-state index is 12.3. The van der Waals surface area contributed by atoms with Crippen molar-refractivity contribution in [2.75, 3.05) is 32.7 Å². The van der Waals surface area contributed by atoms with Crippen LogP contribution in [0.2, 0.25) is 0 Å². The van der Waals surface area contributed by atoms with Gasteiger partial charge in [-0.15, -0.1) is 0 Å². The highest BCUT2D eigenvalue weighted by Gasteiger charge is 2.44. The van der Waals surface area contributed by atoms with Crippen molar-refractivity contribution in [3.63, 3.8) is 0 Å². The van der Waals surface area contributed by atoms with Crippen LogP contribution in [-0.4, -0.2) is 54.3 Å². The van der Waals surface area contributed by atoms with Crippen LogP contribution < -0.4 is 5.32 Å². The summed E-state index contributed by atoms with van der Waals surface area (Å²) in [5.74, 6) is 0.906. The summed E-state index contributed by atoms with van der Waals surface area (Å²) in [6.45, 7) is 8.93. The van der Waals surface area contributed by atoms with Crippen LogP contribution in [-0.2, 0) is 16.1 Å². The predicted octanol–water partition coefficient (Wildman–Crippen LogP) is 2.27. The van der Waals surface area contributed by atoms with E-state index in [0.717, 1.165) is 44.6 Å². The summed E-state index contributed by atoms with van der Waals surface area (Å²) in [5.41, 5.74) is 1.26. The Morgan fingerprint density at radius 3 is 2.54 bits per heavy atom. The van der Waals surface area contributed by atoms with E-state index in [1.807, 2.05) is 35.2 Å². The van der Waals surface area contributed by atoms with Crippen molar-refractivity contribution in [1.29, 1.82) is 0 Å². The first-order valence-corrected chi connectivity index (χ1v) is 9.77. The molecule has 1 N–H and O–H groups in total. The lowest BCUT2D eigenvalue weighted by atomic mass is 9.77. The molecule has 0 bridgehead atoms. The van der Waals surface area contributed by atoms with Crippen molar-refractivity contribution >= 4 is 11.8 Å². The summed E-state index contributed by atoms with van der Waals surface area (Å²) in [7, 11) is 0. The van der Waals surface area contributed by atoms with E-state index in [2.05, 4.69) is 24.1 Å². The van der Waals surface area contributed by atoms with Crippen LogP contribution in [0.25, 0.3) is 0 Å². The van der Waals surface area contributed by atoms with Crippen molar-refractivity contribution in [2.24, 2.45) is 11.3 Å². The van der Waals surface area contributed by atoms with Crippen LogP contribution in [0.4, 0.5) is 0 Å². The van der Waals surface area contributed by atoms with E-state index in [4.69, 9.17) is 0 Å². The monoisotopic (exact) mass is 357 g/mol. The van der Waals surface area contributed by atoms with Crippen molar-refractivity contribution in [2.45, 2.75) is 39.7 Å². The van der Waals surface area contributed by atoms with Gasteiger partial charge in [0.05, 0.1) is 6.54 Å². The number of piperidine rings is 1. The van der Waals surface area contributed by atoms with Gasteiger partial charge < -0.3 is 10.2 Å². The van der Waals surface area contributed by atoms with Gasteiger partial charge in [0.1, 0.15) is 0 Å². The van der Waals surface area contributed by atoms with Gasteiger partial charge in [0.2, 0.25) is 11.8 Å². The van der Waals surface area contributed by atoms with Gasteiger partial charge in [0.25, 0.3) is 0 Å². The number of rotatable bonds is 6. The lowest BCUT2D eigenvalue weighted by Crippen LogP contribution is -2.45. The molecule has 1 aromatic rings. The Balaban J connectivity index is 1.42. The fraction of sp³-hybridized carbons (Fsp3) is 0.619. The maximum absolute atomic E-state index is 12.3. The molecule has 0 saturated carbocycles. The highest BCUT2D eigenvalue weighted by atomic mass is 16.2. The third-order valence-corrected chi connectivity index (χ3v) is 5.61. The molecule has 2 aliphatic heterocycles. The van der Waals surface area contributed by atoms with Crippen LogP contribution >= 0.6 is 0 Å². The summed E-state index contributed by atoms with van der Waals surface area (Å²) in [6, 6.07) is 9.98. The van der Waals surface area contributed by atoms with E-state index < -0.39 is 0 Å². The lowest BCUT2D eigenvalue weighted by Gasteiger charge is -2.38. The molecule has 5 nitrogen and oxygen atoms in total. The van der Waals surface area contributed by atoms with Gasteiger partial charge in [0.15, 0.2) is 0 Å². The number of nitrogens with one attached hydrogen (secondary N) is 1. The zero-order chi connectivity index (χ0) is 18.6. The van der Waals surface area contributed by atoms with E-state index in [-0.39, 0.29) is 11.3 Å². The topological polar surface area (TPSA) is 52.6 Å². The average molecular weight is 357 g/mol. The van der Waals surface area contributed by atoms with Crippen LogP contribution in [0.3, 0.4) is 0 Å². The molecule has 2 heterocycles. The second kappa shape index (κ2) is 8.21. The first-order chi connectivity index (χ1) is 12.5. The molecular weight excluding hydrogens is 326 g/mol. The van der Waals surface area contributed by atoms with Crippen molar-refractivity contribution in [3.05, 3.63) is 35.9 Å². The number of amides is 2. The molecule has 26 heavy (non-hydrogen) atoms. The Labute approximate surface area is 156 Å². The summed E-state index contributed by atoms with van der Waals surface area (Å²) in [4.78, 5) is 28.8. The largest absolute Gasteiger partial charge is 0.351 e. The molecule has 0 aromatic heterocycles. The number of hydrogen-bond donors (Lipinski definition) is 1. The van der Waals surface area contributed by atoms with Gasteiger partial charge in [-0.2, -0.15) is 0 Å². The number of carbonyl (C=O) groups is 2. The Morgan fingerprint density at radius 1 is 1.19 bits per heavy atom. The third-order valence-electron chi connectivity index (χ3n) is 5.61. The fourth-order valence-electron chi connectivity index (χ4n) is 4.16. The number of hydrogen-bond acceptors (Lipinski definition) is 3. The Hall–Kier alpha value is -1.88. The molecule has 1 aromatic carbocycles. The van der Waals surface area contributed by atoms with Gasteiger partial charge in [-0.25, -0.2) is 0 Å². The summed E-state index contributed by atoms with van der Waals surface area (Å²) < 4.78 is 0. The summed E-state index contributed by atoms with van der Waals surface area (Å²) >= 11 is 0. The van der Waals surface area contributed by atoms with Crippen molar-refractivity contribution in [3.8, 4) is 0 Å². The second-order valence-corrected chi connectivity index (χ2v) is 8.38. The standard InChI is InChI=1S/C21H31N3O2/c1-17(2)14-24-16-21(12-20(24)26)8-10-23(11-9-21)15-19(25)22-13-18-6-4-3-5-7-18/h3-7,17H,8-16H2,1-2H3,(H,22,25). The van der Waals surface area contributed by atoms with Crippen LogP contribution in [0.1, 0.15) is 38.7 Å². The first kappa shape index (κ1) is 18.9. The molecule has 2 saturated heterocycles. The molecule has 2 fully saturated rings. The SMILES string of the molecule is CC(C)CN1CC2(CCN(CC(=O)NCc3ccccc3)CC2)CC1=O. The van der Waals surface area contributed by atoms with Crippen molar-refractivity contribution in [1.82, 2.24) is 15.1 Å². The molecule has 1 spiro atoms. The van der Waals surface area contributed by atoms with E-state index in [1.165, 1.54) is 0 Å². The number of carbonyl (C=O) groups excluding carboxylic acids is 2. The molecule has 2 aliphatic rings. The van der Waals surface area contributed by atoms with Gasteiger partial charge in [-0.05, 0) is 42.8 Å². The number of benzene rings is 1. The molecule has 0 unspecified atom stereocenters. The smallest absolute Gasteiger partial charge is 0.234 e. The Bertz CT molecular complexity index is 621. The molecule has 3 rings (SSSR count). The van der Waals surface area contributed by atoms with E-state index in [9.17, 15) is 9.59 Å². The van der Waals surface area contributed by atoms with E-state index >= 15 is 0 Å². The number of nitrogens with zero attached hydrogens (tertiary/aromatic N) is 2. The van der Waals surface area contributed by atoms with Gasteiger partial charge >= 0.3 is 0 Å². The van der Waals surface area contributed by atoms with Gasteiger partial charge in [0, 0.05) is 26.1 Å². The zero-order valence-electron chi connectivity index (χ0n) is 16.0. The van der Waals surface area contributed by atoms with E-state index in [0.29, 0.717) is 31.3 Å². The highest BCUT2D eigenvalue weighted by Crippen LogP contribution is 2.41. The average Bonchev–Trinajstić information content (AvgIpc) is 2.91. The highest BCUT2D eigenvalue weighted by molar-refractivity contribution is 5.79. The first-order valence-electron chi connectivity index (χ1n) is 9.77.